The van der Waals surface area contributed by atoms with Crippen LogP contribution in [0.25, 0.3) is 0 Å². The van der Waals surface area contributed by atoms with E-state index in [4.69, 9.17) is 0 Å². The molecule has 3 heterocycles. The molecule has 1 amide bonds. The fourth-order valence-corrected chi connectivity index (χ4v) is 4.64. The van der Waals surface area contributed by atoms with Crippen LogP contribution in [0.4, 0.5) is 0 Å². The highest BCUT2D eigenvalue weighted by Gasteiger charge is 2.26. The fourth-order valence-electron chi connectivity index (χ4n) is 3.11. The third kappa shape index (κ3) is 4.02. The molecule has 0 spiro atoms. The second-order valence-electron chi connectivity index (χ2n) is 6.36. The van der Waals surface area contributed by atoms with Crippen molar-refractivity contribution in [3.8, 4) is 0 Å². The minimum absolute atomic E-state index is 0.0474. The van der Waals surface area contributed by atoms with Crippen molar-refractivity contribution in [3.05, 3.63) is 33.0 Å². The van der Waals surface area contributed by atoms with Gasteiger partial charge in [-0.3, -0.25) is 9.69 Å². The predicted molar refractivity (Wildman–Crippen MR) is 98.7 cm³/mol. The largest absolute Gasteiger partial charge is 0.349 e. The highest BCUT2D eigenvalue weighted by molar-refractivity contribution is 7.10. The van der Waals surface area contributed by atoms with E-state index >= 15 is 0 Å². The normalized spacial score (nSPS) is 17.8. The summed E-state index contributed by atoms with van der Waals surface area (Å²) in [6.07, 6.45) is 3.20. The number of likely N-dealkylation sites (tertiary alicyclic amines) is 1. The second-order valence-corrected chi connectivity index (χ2v) is 8.10. The number of carbonyl (C=O) groups excluding carboxylic acids is 1. The lowest BCUT2D eigenvalue weighted by atomic mass is 9.97. The number of piperidine rings is 1. The number of aromatic nitrogens is 2. The maximum absolute atomic E-state index is 12.5. The van der Waals surface area contributed by atoms with E-state index in [1.54, 1.807) is 11.3 Å². The SMILES string of the molecule is CCc1nnsc1C(=O)NC[C@H](c1cccs1)N1CCC(C)CC1. The zero-order valence-electron chi connectivity index (χ0n) is 14.2. The van der Waals surface area contributed by atoms with Crippen molar-refractivity contribution in [1.82, 2.24) is 19.8 Å². The maximum Gasteiger partial charge on any atom is 0.265 e. The third-order valence-corrected chi connectivity index (χ3v) is 6.42. The highest BCUT2D eigenvalue weighted by Crippen LogP contribution is 2.29. The van der Waals surface area contributed by atoms with Gasteiger partial charge in [-0.25, -0.2) is 0 Å². The highest BCUT2D eigenvalue weighted by atomic mass is 32.1. The topological polar surface area (TPSA) is 58.1 Å². The summed E-state index contributed by atoms with van der Waals surface area (Å²) in [5.41, 5.74) is 0.789. The molecule has 1 N–H and O–H groups in total. The van der Waals surface area contributed by atoms with Crippen LogP contribution in [0.3, 0.4) is 0 Å². The number of nitrogens with zero attached hydrogens (tertiary/aromatic N) is 3. The maximum atomic E-state index is 12.5. The Labute approximate surface area is 151 Å². The average molecular weight is 365 g/mol. The summed E-state index contributed by atoms with van der Waals surface area (Å²) >= 11 is 2.95. The van der Waals surface area contributed by atoms with E-state index in [0.717, 1.165) is 31.1 Å². The molecule has 0 aliphatic carbocycles. The van der Waals surface area contributed by atoms with Gasteiger partial charge in [-0.2, -0.15) is 0 Å². The minimum Gasteiger partial charge on any atom is -0.349 e. The van der Waals surface area contributed by atoms with Crippen molar-refractivity contribution in [3.63, 3.8) is 0 Å². The number of hydrogen-bond acceptors (Lipinski definition) is 6. The van der Waals surface area contributed by atoms with E-state index in [0.29, 0.717) is 11.4 Å². The van der Waals surface area contributed by atoms with Crippen LogP contribution in [0.1, 0.15) is 53.0 Å². The Morgan fingerprint density at radius 3 is 2.92 bits per heavy atom. The molecule has 5 nitrogen and oxygen atoms in total. The first kappa shape index (κ1) is 17.5. The lowest BCUT2D eigenvalue weighted by Gasteiger charge is -2.36. The molecule has 1 atom stereocenters. The van der Waals surface area contributed by atoms with E-state index in [9.17, 15) is 4.79 Å². The Hall–Kier alpha value is -1.31. The van der Waals surface area contributed by atoms with Crippen LogP contribution < -0.4 is 5.32 Å². The van der Waals surface area contributed by atoms with Gasteiger partial charge < -0.3 is 5.32 Å². The Morgan fingerprint density at radius 1 is 1.46 bits per heavy atom. The van der Waals surface area contributed by atoms with Gasteiger partial charge in [0.2, 0.25) is 0 Å². The predicted octanol–water partition coefficient (Wildman–Crippen LogP) is 3.37. The summed E-state index contributed by atoms with van der Waals surface area (Å²) in [6, 6.07) is 4.52. The standard InChI is InChI=1S/C17H24N4OS2/c1-3-13-16(24-20-19-13)17(22)18-11-14(15-5-4-10-23-15)21-8-6-12(2)7-9-21/h4-5,10,12,14H,3,6-9,11H2,1-2H3,(H,18,22)/t14-/m1/s1. The van der Waals surface area contributed by atoms with Gasteiger partial charge >= 0.3 is 0 Å². The van der Waals surface area contributed by atoms with Gasteiger partial charge in [0.1, 0.15) is 4.88 Å². The molecule has 1 aliphatic rings. The molecule has 3 rings (SSSR count). The first-order valence-corrected chi connectivity index (χ1v) is 10.2. The van der Waals surface area contributed by atoms with E-state index in [1.165, 1.54) is 29.3 Å². The van der Waals surface area contributed by atoms with E-state index in [2.05, 4.69) is 44.2 Å². The molecule has 0 unspecified atom stereocenters. The number of nitrogens with one attached hydrogen (secondary N) is 1. The van der Waals surface area contributed by atoms with Gasteiger partial charge in [-0.1, -0.05) is 24.4 Å². The smallest absolute Gasteiger partial charge is 0.265 e. The van der Waals surface area contributed by atoms with E-state index in [1.807, 2.05) is 6.92 Å². The van der Waals surface area contributed by atoms with Crippen LogP contribution in [0.15, 0.2) is 17.5 Å². The number of aryl methyl sites for hydroxylation is 1. The molecule has 7 heteroatoms. The quantitative estimate of drug-likeness (QED) is 0.854. The van der Waals surface area contributed by atoms with Gasteiger partial charge in [0.05, 0.1) is 11.7 Å². The van der Waals surface area contributed by atoms with Gasteiger partial charge in [0.25, 0.3) is 5.91 Å². The lowest BCUT2D eigenvalue weighted by molar-refractivity contribution is 0.0917. The Bertz CT molecular complexity index is 647. The summed E-state index contributed by atoms with van der Waals surface area (Å²) < 4.78 is 3.91. The lowest BCUT2D eigenvalue weighted by Crippen LogP contribution is -2.41. The van der Waals surface area contributed by atoms with Crippen LogP contribution in [0, 0.1) is 5.92 Å². The number of carbonyl (C=O) groups is 1. The molecule has 130 valence electrons. The molecule has 0 bridgehead atoms. The summed E-state index contributed by atoms with van der Waals surface area (Å²) in [4.78, 5) is 17.0. The van der Waals surface area contributed by atoms with Crippen LogP contribution >= 0.6 is 22.9 Å². The Morgan fingerprint density at radius 2 is 2.25 bits per heavy atom. The summed E-state index contributed by atoms with van der Waals surface area (Å²) in [5, 5.41) is 9.25. The third-order valence-electron chi connectivity index (χ3n) is 4.68. The van der Waals surface area contributed by atoms with Crippen LogP contribution in [0.2, 0.25) is 0 Å². The monoisotopic (exact) mass is 364 g/mol. The summed E-state index contributed by atoms with van der Waals surface area (Å²) in [6.45, 7) is 7.15. The fraction of sp³-hybridized carbons (Fsp3) is 0.588. The van der Waals surface area contributed by atoms with Crippen molar-refractivity contribution in [2.75, 3.05) is 19.6 Å². The number of hydrogen-bond donors (Lipinski definition) is 1. The second kappa shape index (κ2) is 8.18. The van der Waals surface area contributed by atoms with Gasteiger partial charge in [0, 0.05) is 11.4 Å². The molecule has 0 saturated carbocycles. The van der Waals surface area contributed by atoms with Crippen LogP contribution in [-0.4, -0.2) is 40.0 Å². The molecular weight excluding hydrogens is 340 g/mol. The van der Waals surface area contributed by atoms with E-state index in [-0.39, 0.29) is 11.9 Å². The summed E-state index contributed by atoms with van der Waals surface area (Å²) in [5.74, 6) is 0.754. The molecule has 1 saturated heterocycles. The number of rotatable bonds is 6. The molecular formula is C17H24N4OS2. The van der Waals surface area contributed by atoms with Gasteiger partial charge in [0.15, 0.2) is 0 Å². The van der Waals surface area contributed by atoms with Crippen LogP contribution in [0.5, 0.6) is 0 Å². The van der Waals surface area contributed by atoms with Crippen molar-refractivity contribution in [2.45, 2.75) is 39.2 Å². The van der Waals surface area contributed by atoms with Gasteiger partial charge in [-0.05, 0) is 61.2 Å². The molecule has 1 fully saturated rings. The van der Waals surface area contributed by atoms with E-state index < -0.39 is 0 Å². The molecule has 0 aromatic carbocycles. The van der Waals surface area contributed by atoms with Gasteiger partial charge in [-0.15, -0.1) is 16.4 Å². The minimum atomic E-state index is -0.0474. The molecule has 1 aliphatic heterocycles. The van der Waals surface area contributed by atoms with Crippen molar-refractivity contribution >= 4 is 28.8 Å². The van der Waals surface area contributed by atoms with Crippen molar-refractivity contribution in [1.29, 1.82) is 0 Å². The first-order valence-electron chi connectivity index (χ1n) is 8.56. The number of amides is 1. The molecule has 2 aromatic heterocycles. The van der Waals surface area contributed by atoms with Crippen LogP contribution in [-0.2, 0) is 6.42 Å². The Kier molecular flexibility index (Phi) is 5.97. The Balaban J connectivity index is 1.67. The first-order chi connectivity index (χ1) is 11.7. The molecule has 2 aromatic rings. The average Bonchev–Trinajstić information content (AvgIpc) is 3.27. The number of thiophene rings is 1. The zero-order chi connectivity index (χ0) is 16.9. The molecule has 0 radical (unpaired) electrons. The zero-order valence-corrected chi connectivity index (χ0v) is 15.8. The summed E-state index contributed by atoms with van der Waals surface area (Å²) in [7, 11) is 0. The molecule has 24 heavy (non-hydrogen) atoms. The van der Waals surface area contributed by atoms with Crippen molar-refractivity contribution < 1.29 is 4.79 Å². The van der Waals surface area contributed by atoms with Crippen molar-refractivity contribution in [2.24, 2.45) is 5.92 Å².